The third-order valence-corrected chi connectivity index (χ3v) is 2.63. The number of nitrogens with one attached hydrogen (secondary N) is 1. The van der Waals surface area contributed by atoms with Crippen molar-refractivity contribution in [3.05, 3.63) is 0 Å². The van der Waals surface area contributed by atoms with E-state index in [0.29, 0.717) is 19.5 Å². The first kappa shape index (κ1) is 13.4. The Morgan fingerprint density at radius 3 is 2.57 bits per heavy atom. The molecule has 0 aromatic carbocycles. The van der Waals surface area contributed by atoms with E-state index in [0.717, 1.165) is 6.42 Å². The average Bonchev–Trinajstić information content (AvgIpc) is 2.15. The lowest BCUT2D eigenvalue weighted by Crippen LogP contribution is -2.44. The Hall–Kier alpha value is -0.610. The first-order valence-corrected chi connectivity index (χ1v) is 5.12. The predicted molar refractivity (Wildman–Crippen MR) is 56.8 cm³/mol. The molecular formula is C10H22N2O2. The summed E-state index contributed by atoms with van der Waals surface area (Å²) in [5, 5.41) is 11.8. The molecule has 0 fully saturated rings. The number of aliphatic hydroxyl groups excluding tert-OH is 1. The Labute approximate surface area is 85.9 Å². The first-order valence-electron chi connectivity index (χ1n) is 5.12. The third-order valence-electron chi connectivity index (χ3n) is 2.63. The lowest BCUT2D eigenvalue weighted by atomic mass is 9.86. The van der Waals surface area contributed by atoms with Crippen molar-refractivity contribution in [3.63, 3.8) is 0 Å². The van der Waals surface area contributed by atoms with Gasteiger partial charge in [0.15, 0.2) is 0 Å². The molecule has 0 radical (unpaired) electrons. The van der Waals surface area contributed by atoms with Crippen molar-refractivity contribution in [2.24, 2.45) is 11.1 Å². The van der Waals surface area contributed by atoms with Crippen LogP contribution in [-0.4, -0.2) is 30.2 Å². The molecule has 4 nitrogen and oxygen atoms in total. The molecule has 0 rings (SSSR count). The van der Waals surface area contributed by atoms with Crippen LogP contribution < -0.4 is 11.1 Å². The molecule has 14 heavy (non-hydrogen) atoms. The van der Waals surface area contributed by atoms with Gasteiger partial charge in [-0.05, 0) is 26.7 Å². The fourth-order valence-electron chi connectivity index (χ4n) is 1.01. The normalized spacial score (nSPS) is 17.2. The van der Waals surface area contributed by atoms with Crippen molar-refractivity contribution in [1.29, 1.82) is 0 Å². The number of carbonyl (C=O) groups is 1. The first-order chi connectivity index (χ1) is 6.46. The maximum Gasteiger partial charge on any atom is 0.227 e. The second-order valence-corrected chi connectivity index (χ2v) is 4.01. The van der Waals surface area contributed by atoms with Crippen LogP contribution in [0.2, 0.25) is 0 Å². The number of carbonyl (C=O) groups excluding carboxylic acids is 1. The van der Waals surface area contributed by atoms with E-state index in [1.807, 2.05) is 13.8 Å². The topological polar surface area (TPSA) is 75.4 Å². The fraction of sp³-hybridized carbons (Fsp3) is 0.900. The van der Waals surface area contributed by atoms with Crippen molar-refractivity contribution in [1.82, 2.24) is 5.32 Å². The molecule has 0 spiro atoms. The molecule has 84 valence electrons. The van der Waals surface area contributed by atoms with Crippen molar-refractivity contribution in [2.75, 3.05) is 13.1 Å². The zero-order chi connectivity index (χ0) is 11.2. The van der Waals surface area contributed by atoms with Crippen LogP contribution in [0.1, 0.15) is 33.6 Å². The van der Waals surface area contributed by atoms with Crippen LogP contribution >= 0.6 is 0 Å². The smallest absolute Gasteiger partial charge is 0.227 e. The van der Waals surface area contributed by atoms with E-state index in [1.54, 1.807) is 6.92 Å². The Balaban J connectivity index is 3.94. The number of hydrogen-bond acceptors (Lipinski definition) is 3. The number of rotatable bonds is 6. The summed E-state index contributed by atoms with van der Waals surface area (Å²) in [5.41, 5.74) is 5.07. The number of nitrogens with two attached hydrogens (primary N) is 1. The van der Waals surface area contributed by atoms with Crippen molar-refractivity contribution >= 4 is 5.91 Å². The quantitative estimate of drug-likeness (QED) is 0.578. The van der Waals surface area contributed by atoms with Gasteiger partial charge in [0.05, 0.1) is 11.5 Å². The molecule has 0 aliphatic heterocycles. The monoisotopic (exact) mass is 202 g/mol. The summed E-state index contributed by atoms with van der Waals surface area (Å²) in [6.07, 6.45) is 0.932. The largest absolute Gasteiger partial charge is 0.393 e. The highest BCUT2D eigenvalue weighted by Crippen LogP contribution is 2.18. The van der Waals surface area contributed by atoms with Gasteiger partial charge in [-0.1, -0.05) is 6.92 Å². The summed E-state index contributed by atoms with van der Waals surface area (Å²) in [7, 11) is 0. The molecular weight excluding hydrogens is 180 g/mol. The summed E-state index contributed by atoms with van der Waals surface area (Å²) < 4.78 is 0. The summed E-state index contributed by atoms with van der Waals surface area (Å²) >= 11 is 0. The SMILES string of the molecule is CCC(C)(CN)C(=O)NCCC(C)O. The van der Waals surface area contributed by atoms with Crippen molar-refractivity contribution in [2.45, 2.75) is 39.7 Å². The van der Waals surface area contributed by atoms with Crippen LogP contribution in [0.5, 0.6) is 0 Å². The highest BCUT2D eigenvalue weighted by molar-refractivity contribution is 5.82. The van der Waals surface area contributed by atoms with Gasteiger partial charge in [0.1, 0.15) is 0 Å². The van der Waals surface area contributed by atoms with Gasteiger partial charge in [-0.3, -0.25) is 4.79 Å². The molecule has 2 unspecified atom stereocenters. The summed E-state index contributed by atoms with van der Waals surface area (Å²) in [5.74, 6) is -0.0249. The second kappa shape index (κ2) is 5.98. The molecule has 0 aliphatic carbocycles. The predicted octanol–water partition coefficient (Wildman–Crippen LogP) is 0.249. The summed E-state index contributed by atoms with van der Waals surface area (Å²) in [4.78, 5) is 11.6. The average molecular weight is 202 g/mol. The summed E-state index contributed by atoms with van der Waals surface area (Å²) in [6.45, 7) is 6.36. The van der Waals surface area contributed by atoms with E-state index in [1.165, 1.54) is 0 Å². The fourth-order valence-corrected chi connectivity index (χ4v) is 1.01. The van der Waals surface area contributed by atoms with E-state index in [-0.39, 0.29) is 12.0 Å². The Kier molecular flexibility index (Phi) is 5.72. The van der Waals surface area contributed by atoms with Gasteiger partial charge < -0.3 is 16.2 Å². The molecule has 0 saturated heterocycles. The van der Waals surface area contributed by atoms with Crippen LogP contribution in [0.3, 0.4) is 0 Å². The highest BCUT2D eigenvalue weighted by atomic mass is 16.3. The van der Waals surface area contributed by atoms with E-state index >= 15 is 0 Å². The Morgan fingerprint density at radius 2 is 2.21 bits per heavy atom. The molecule has 2 atom stereocenters. The highest BCUT2D eigenvalue weighted by Gasteiger charge is 2.28. The Morgan fingerprint density at radius 1 is 1.64 bits per heavy atom. The minimum Gasteiger partial charge on any atom is -0.393 e. The van der Waals surface area contributed by atoms with Gasteiger partial charge in [0.2, 0.25) is 5.91 Å². The zero-order valence-corrected chi connectivity index (χ0v) is 9.34. The molecule has 0 saturated carbocycles. The number of aliphatic hydroxyl groups is 1. The van der Waals surface area contributed by atoms with Crippen LogP contribution in [0.25, 0.3) is 0 Å². The molecule has 0 aliphatic rings. The molecule has 4 heteroatoms. The standard InChI is InChI=1S/C10H22N2O2/c1-4-10(3,7-11)9(14)12-6-5-8(2)13/h8,13H,4-7,11H2,1-3H3,(H,12,14). The van der Waals surface area contributed by atoms with Gasteiger partial charge in [0, 0.05) is 13.1 Å². The number of hydrogen-bond donors (Lipinski definition) is 3. The molecule has 0 heterocycles. The minimum atomic E-state index is -0.474. The lowest BCUT2D eigenvalue weighted by molar-refractivity contribution is -0.129. The van der Waals surface area contributed by atoms with Gasteiger partial charge in [0.25, 0.3) is 0 Å². The van der Waals surface area contributed by atoms with Crippen LogP contribution in [0.4, 0.5) is 0 Å². The minimum absolute atomic E-state index is 0.0249. The number of amides is 1. The molecule has 0 bridgehead atoms. The van der Waals surface area contributed by atoms with Crippen LogP contribution in [-0.2, 0) is 4.79 Å². The Bertz CT molecular complexity index is 177. The zero-order valence-electron chi connectivity index (χ0n) is 9.34. The van der Waals surface area contributed by atoms with E-state index in [2.05, 4.69) is 5.32 Å². The molecule has 4 N–H and O–H groups in total. The lowest BCUT2D eigenvalue weighted by Gasteiger charge is -2.25. The van der Waals surface area contributed by atoms with Gasteiger partial charge in [-0.15, -0.1) is 0 Å². The van der Waals surface area contributed by atoms with E-state index in [9.17, 15) is 4.79 Å². The third kappa shape index (κ3) is 4.07. The van der Waals surface area contributed by atoms with E-state index in [4.69, 9.17) is 10.8 Å². The van der Waals surface area contributed by atoms with Gasteiger partial charge in [-0.25, -0.2) is 0 Å². The molecule has 0 aromatic heterocycles. The maximum absolute atomic E-state index is 11.6. The maximum atomic E-state index is 11.6. The van der Waals surface area contributed by atoms with Crippen LogP contribution in [0.15, 0.2) is 0 Å². The van der Waals surface area contributed by atoms with Crippen molar-refractivity contribution < 1.29 is 9.90 Å². The molecule has 0 aromatic rings. The summed E-state index contributed by atoms with van der Waals surface area (Å²) in [6, 6.07) is 0. The second-order valence-electron chi connectivity index (χ2n) is 4.01. The van der Waals surface area contributed by atoms with Gasteiger partial charge in [-0.2, -0.15) is 0 Å². The molecule has 1 amide bonds. The van der Waals surface area contributed by atoms with Crippen LogP contribution in [0, 0.1) is 5.41 Å². The van der Waals surface area contributed by atoms with Crippen molar-refractivity contribution in [3.8, 4) is 0 Å². The van der Waals surface area contributed by atoms with E-state index < -0.39 is 5.41 Å². The van der Waals surface area contributed by atoms with Gasteiger partial charge >= 0.3 is 0 Å².